The van der Waals surface area contributed by atoms with Crippen molar-refractivity contribution in [3.05, 3.63) is 24.3 Å². The lowest BCUT2D eigenvalue weighted by Gasteiger charge is -2.28. The normalized spacial score (nSPS) is 19.6. The molecule has 0 spiro atoms. The highest BCUT2D eigenvalue weighted by molar-refractivity contribution is 7.91. The third kappa shape index (κ3) is 3.98. The van der Waals surface area contributed by atoms with E-state index in [1.54, 1.807) is 24.3 Å². The van der Waals surface area contributed by atoms with Crippen molar-refractivity contribution >= 4 is 44.6 Å². The first-order chi connectivity index (χ1) is 10.3. The molecule has 8 heteroatoms. The zero-order valence-corrected chi connectivity index (χ0v) is 13.7. The smallest absolute Gasteiger partial charge is 0.242 e. The first kappa shape index (κ1) is 16.8. The highest BCUT2D eigenvalue weighted by Crippen LogP contribution is 2.26. The van der Waals surface area contributed by atoms with Crippen molar-refractivity contribution in [3.63, 3.8) is 0 Å². The van der Waals surface area contributed by atoms with E-state index in [9.17, 15) is 18.0 Å². The molecule has 0 radical (unpaired) electrons. The summed E-state index contributed by atoms with van der Waals surface area (Å²) in [7, 11) is -3.11. The van der Waals surface area contributed by atoms with E-state index in [0.29, 0.717) is 17.8 Å². The second-order valence-corrected chi connectivity index (χ2v) is 7.68. The number of carbonyl (C=O) groups excluding carboxylic acids is 2. The maximum absolute atomic E-state index is 12.1. The standard InChI is InChI=1S/C14H17ClN2O4S/c1-10(18)16-11-2-4-12(5-3-11)17(14(19)8-15)13-6-7-22(20,21)9-13/h2-5,13H,6-9H2,1H3,(H,16,18). The fraction of sp³-hybridized carbons (Fsp3) is 0.429. The van der Waals surface area contributed by atoms with Crippen LogP contribution >= 0.6 is 11.6 Å². The summed E-state index contributed by atoms with van der Waals surface area (Å²) in [5.74, 6) is -0.722. The number of sulfone groups is 1. The van der Waals surface area contributed by atoms with Gasteiger partial charge in [0.25, 0.3) is 0 Å². The molecule has 1 unspecified atom stereocenters. The number of hydrogen-bond acceptors (Lipinski definition) is 4. The van der Waals surface area contributed by atoms with Gasteiger partial charge >= 0.3 is 0 Å². The Morgan fingerprint density at radius 3 is 2.41 bits per heavy atom. The number of nitrogens with one attached hydrogen (secondary N) is 1. The molecule has 1 aliphatic rings. The molecule has 1 aromatic carbocycles. The molecule has 0 aliphatic carbocycles. The molecule has 120 valence electrons. The molecule has 22 heavy (non-hydrogen) atoms. The molecule has 6 nitrogen and oxygen atoms in total. The number of anilines is 2. The average Bonchev–Trinajstić information content (AvgIpc) is 2.80. The van der Waals surface area contributed by atoms with Gasteiger partial charge in [0.05, 0.1) is 17.5 Å². The summed E-state index contributed by atoms with van der Waals surface area (Å²) in [6, 6.07) is 6.26. The second-order valence-electron chi connectivity index (χ2n) is 5.18. The lowest BCUT2D eigenvalue weighted by Crippen LogP contribution is -2.42. The highest BCUT2D eigenvalue weighted by atomic mass is 35.5. The van der Waals surface area contributed by atoms with Crippen LogP contribution in [0.1, 0.15) is 13.3 Å². The number of nitrogens with zero attached hydrogens (tertiary/aromatic N) is 1. The summed E-state index contributed by atoms with van der Waals surface area (Å²) in [5.41, 5.74) is 1.18. The molecule has 0 bridgehead atoms. The third-order valence-electron chi connectivity index (χ3n) is 3.42. The minimum atomic E-state index is -3.11. The zero-order chi connectivity index (χ0) is 16.3. The molecular weight excluding hydrogens is 328 g/mol. The maximum atomic E-state index is 12.1. The van der Waals surface area contributed by atoms with Gasteiger partial charge in [0, 0.05) is 18.3 Å². The minimum Gasteiger partial charge on any atom is -0.326 e. The number of amides is 2. The lowest BCUT2D eigenvalue weighted by atomic mass is 10.1. The Bertz CT molecular complexity index is 673. The average molecular weight is 345 g/mol. The van der Waals surface area contributed by atoms with Crippen molar-refractivity contribution in [1.82, 2.24) is 0 Å². The topological polar surface area (TPSA) is 83.6 Å². The summed E-state index contributed by atoms with van der Waals surface area (Å²) >= 11 is 5.65. The van der Waals surface area contributed by atoms with E-state index in [2.05, 4.69) is 5.32 Å². The summed E-state index contributed by atoms with van der Waals surface area (Å²) in [6.07, 6.45) is 0.401. The van der Waals surface area contributed by atoms with Gasteiger partial charge in [0.15, 0.2) is 9.84 Å². The van der Waals surface area contributed by atoms with E-state index in [0.717, 1.165) is 0 Å². The van der Waals surface area contributed by atoms with E-state index in [1.807, 2.05) is 0 Å². The molecule has 0 aromatic heterocycles. The molecule has 0 saturated carbocycles. The number of alkyl halides is 1. The fourth-order valence-corrected chi connectivity index (χ4v) is 4.34. The number of halogens is 1. The third-order valence-corrected chi connectivity index (χ3v) is 5.40. The molecule has 1 aliphatic heterocycles. The van der Waals surface area contributed by atoms with Gasteiger partial charge < -0.3 is 10.2 Å². The monoisotopic (exact) mass is 344 g/mol. The summed E-state index contributed by atoms with van der Waals surface area (Å²) in [5, 5.41) is 2.63. The van der Waals surface area contributed by atoms with E-state index < -0.39 is 15.9 Å². The minimum absolute atomic E-state index is 0.0525. The van der Waals surface area contributed by atoms with Gasteiger partial charge in [-0.1, -0.05) is 0 Å². The zero-order valence-electron chi connectivity index (χ0n) is 12.1. The summed E-state index contributed by atoms with van der Waals surface area (Å²) < 4.78 is 23.3. The van der Waals surface area contributed by atoms with Crippen LogP contribution in [-0.2, 0) is 19.4 Å². The molecule has 2 rings (SSSR count). The van der Waals surface area contributed by atoms with Crippen LogP contribution in [0.4, 0.5) is 11.4 Å². The van der Waals surface area contributed by atoms with Gasteiger partial charge in [-0.05, 0) is 30.7 Å². The van der Waals surface area contributed by atoms with Crippen molar-refractivity contribution in [2.75, 3.05) is 27.6 Å². The number of carbonyl (C=O) groups is 2. The number of rotatable bonds is 4. The molecular formula is C14H17ClN2O4S. The maximum Gasteiger partial charge on any atom is 0.242 e. The van der Waals surface area contributed by atoms with Crippen molar-refractivity contribution in [3.8, 4) is 0 Å². The highest BCUT2D eigenvalue weighted by Gasteiger charge is 2.35. The molecule has 1 fully saturated rings. The number of hydrogen-bond donors (Lipinski definition) is 1. The summed E-state index contributed by atoms with van der Waals surface area (Å²) in [6.45, 7) is 1.40. The summed E-state index contributed by atoms with van der Waals surface area (Å²) in [4.78, 5) is 24.5. The van der Waals surface area contributed by atoms with Crippen LogP contribution in [-0.4, -0.2) is 43.7 Å². The van der Waals surface area contributed by atoms with E-state index in [4.69, 9.17) is 11.6 Å². The molecule has 2 amide bonds. The van der Waals surface area contributed by atoms with Gasteiger partial charge in [0.2, 0.25) is 11.8 Å². The fourth-order valence-electron chi connectivity index (χ4n) is 2.51. The van der Waals surface area contributed by atoms with Crippen molar-refractivity contribution < 1.29 is 18.0 Å². The van der Waals surface area contributed by atoms with Crippen LogP contribution in [0.2, 0.25) is 0 Å². The SMILES string of the molecule is CC(=O)Nc1ccc(N(C(=O)CCl)C2CCS(=O)(=O)C2)cc1. The molecule has 1 aromatic rings. The Kier molecular flexibility index (Phi) is 5.08. The lowest BCUT2D eigenvalue weighted by molar-refractivity contribution is -0.116. The predicted molar refractivity (Wildman–Crippen MR) is 86.0 cm³/mol. The largest absolute Gasteiger partial charge is 0.326 e. The van der Waals surface area contributed by atoms with Gasteiger partial charge in [-0.2, -0.15) is 0 Å². The van der Waals surface area contributed by atoms with Crippen LogP contribution in [0.3, 0.4) is 0 Å². The van der Waals surface area contributed by atoms with Crippen molar-refractivity contribution in [1.29, 1.82) is 0 Å². The van der Waals surface area contributed by atoms with Crippen LogP contribution < -0.4 is 10.2 Å². The number of benzene rings is 1. The van der Waals surface area contributed by atoms with E-state index in [-0.39, 0.29) is 29.2 Å². The molecule has 1 atom stereocenters. The molecule has 1 saturated heterocycles. The van der Waals surface area contributed by atoms with Gasteiger partial charge in [0.1, 0.15) is 5.88 Å². The van der Waals surface area contributed by atoms with E-state index >= 15 is 0 Å². The van der Waals surface area contributed by atoms with Crippen LogP contribution in [0, 0.1) is 0 Å². The van der Waals surface area contributed by atoms with Gasteiger partial charge in [-0.15, -0.1) is 11.6 Å². The van der Waals surface area contributed by atoms with Gasteiger partial charge in [-0.25, -0.2) is 8.42 Å². The van der Waals surface area contributed by atoms with Crippen LogP contribution in [0.5, 0.6) is 0 Å². The second kappa shape index (κ2) is 6.66. The van der Waals surface area contributed by atoms with E-state index in [1.165, 1.54) is 11.8 Å². The first-order valence-electron chi connectivity index (χ1n) is 6.78. The Morgan fingerprint density at radius 1 is 1.32 bits per heavy atom. The first-order valence-corrected chi connectivity index (χ1v) is 9.14. The van der Waals surface area contributed by atoms with Crippen LogP contribution in [0.15, 0.2) is 24.3 Å². The molecule has 1 heterocycles. The quantitative estimate of drug-likeness (QED) is 0.837. The van der Waals surface area contributed by atoms with Crippen molar-refractivity contribution in [2.24, 2.45) is 0 Å². The Labute approximate surface area is 134 Å². The van der Waals surface area contributed by atoms with Gasteiger partial charge in [-0.3, -0.25) is 9.59 Å². The predicted octanol–water partition coefficient (Wildman–Crippen LogP) is 1.40. The Morgan fingerprint density at radius 2 is 1.95 bits per heavy atom. The molecule has 1 N–H and O–H groups in total. The Balaban J connectivity index is 2.26. The van der Waals surface area contributed by atoms with Crippen molar-refractivity contribution in [2.45, 2.75) is 19.4 Å². The van der Waals surface area contributed by atoms with Crippen LogP contribution in [0.25, 0.3) is 0 Å². The Hall–Kier alpha value is -1.60.